The Hall–Kier alpha value is -4.34. The number of nitrogens with one attached hydrogen (secondary N) is 1. The van der Waals surface area contributed by atoms with Gasteiger partial charge in [0.2, 0.25) is 0 Å². The van der Waals surface area contributed by atoms with Crippen LogP contribution in [0.1, 0.15) is 21.7 Å². The first-order valence-electron chi connectivity index (χ1n) is 9.27. The summed E-state index contributed by atoms with van der Waals surface area (Å²) in [7, 11) is 0. The lowest BCUT2D eigenvalue weighted by molar-refractivity contribution is -0.384. The second-order valence-electron chi connectivity index (χ2n) is 6.82. The van der Waals surface area contributed by atoms with E-state index in [2.05, 4.69) is 15.5 Å². The lowest BCUT2D eigenvalue weighted by Crippen LogP contribution is -2.16. The molecule has 0 bridgehead atoms. The third kappa shape index (κ3) is 3.78. The summed E-state index contributed by atoms with van der Waals surface area (Å²) in [6.07, 6.45) is 1.37. The number of carbonyl (C=O) groups is 1. The van der Waals surface area contributed by atoms with E-state index in [-0.39, 0.29) is 16.9 Å². The first-order chi connectivity index (χ1) is 14.8. The summed E-state index contributed by atoms with van der Waals surface area (Å²) >= 11 is 0. The van der Waals surface area contributed by atoms with Crippen molar-refractivity contribution in [2.24, 2.45) is 0 Å². The van der Waals surface area contributed by atoms with E-state index < -0.39 is 16.6 Å². The van der Waals surface area contributed by atoms with Crippen LogP contribution in [0.2, 0.25) is 0 Å². The molecule has 0 aliphatic carbocycles. The second-order valence-corrected chi connectivity index (χ2v) is 6.82. The molecule has 4 rings (SSSR count). The van der Waals surface area contributed by atoms with Crippen molar-refractivity contribution < 1.29 is 14.1 Å². The van der Waals surface area contributed by atoms with E-state index in [1.165, 1.54) is 33.8 Å². The van der Waals surface area contributed by atoms with Gasteiger partial charge < -0.3 is 5.32 Å². The summed E-state index contributed by atoms with van der Waals surface area (Å²) < 4.78 is 17.0. The summed E-state index contributed by atoms with van der Waals surface area (Å²) in [6, 6.07) is 13.6. The van der Waals surface area contributed by atoms with Gasteiger partial charge in [0.15, 0.2) is 0 Å². The third-order valence-electron chi connectivity index (χ3n) is 4.71. The number of para-hydroxylation sites is 1. The van der Waals surface area contributed by atoms with Crippen molar-refractivity contribution in [1.82, 2.24) is 19.6 Å². The van der Waals surface area contributed by atoms with Crippen LogP contribution in [0.25, 0.3) is 11.4 Å². The van der Waals surface area contributed by atoms with Crippen LogP contribution in [-0.2, 0) is 0 Å². The fraction of sp³-hybridized carbons (Fsp3) is 0.0952. The average molecular weight is 420 g/mol. The number of rotatable bonds is 5. The van der Waals surface area contributed by atoms with Crippen LogP contribution in [0, 0.1) is 29.8 Å². The number of hydrogen-bond acceptors (Lipinski definition) is 5. The van der Waals surface area contributed by atoms with E-state index in [0.717, 1.165) is 0 Å². The minimum atomic E-state index is -0.489. The molecule has 0 fully saturated rings. The SMILES string of the molecule is Cc1cc(NC(=O)c2cnn(-c3ccccc3F)c2C)n(-c2ccc([N+](=O)[O-])cc2)n1. The maximum atomic E-state index is 14.1. The number of carbonyl (C=O) groups excluding carboxylic acids is 1. The van der Waals surface area contributed by atoms with Gasteiger partial charge in [0, 0.05) is 18.2 Å². The van der Waals surface area contributed by atoms with Crippen LogP contribution in [-0.4, -0.2) is 30.4 Å². The Morgan fingerprint density at radius 3 is 2.48 bits per heavy atom. The van der Waals surface area contributed by atoms with E-state index in [0.29, 0.717) is 22.9 Å². The smallest absolute Gasteiger partial charge is 0.269 e. The van der Waals surface area contributed by atoms with E-state index in [1.54, 1.807) is 50.2 Å². The molecule has 0 saturated heterocycles. The number of anilines is 1. The van der Waals surface area contributed by atoms with Gasteiger partial charge in [0.05, 0.1) is 33.8 Å². The van der Waals surface area contributed by atoms with E-state index in [9.17, 15) is 19.3 Å². The molecule has 1 N–H and O–H groups in total. The number of aryl methyl sites for hydroxylation is 1. The van der Waals surface area contributed by atoms with Crippen molar-refractivity contribution in [1.29, 1.82) is 0 Å². The highest BCUT2D eigenvalue weighted by Crippen LogP contribution is 2.22. The van der Waals surface area contributed by atoms with Crippen molar-refractivity contribution in [2.45, 2.75) is 13.8 Å². The summed E-state index contributed by atoms with van der Waals surface area (Å²) in [5.41, 5.74) is 2.14. The van der Waals surface area contributed by atoms with Crippen LogP contribution < -0.4 is 5.32 Å². The van der Waals surface area contributed by atoms with Gasteiger partial charge in [0.1, 0.15) is 17.3 Å². The van der Waals surface area contributed by atoms with Gasteiger partial charge in [-0.25, -0.2) is 13.8 Å². The van der Waals surface area contributed by atoms with Crippen molar-refractivity contribution in [3.05, 3.63) is 93.7 Å². The van der Waals surface area contributed by atoms with Gasteiger partial charge in [-0.1, -0.05) is 12.1 Å². The Kier molecular flexibility index (Phi) is 5.04. The number of nitro groups is 1. The highest BCUT2D eigenvalue weighted by Gasteiger charge is 2.19. The Labute approximate surface area is 175 Å². The van der Waals surface area contributed by atoms with Crippen LogP contribution in [0.5, 0.6) is 0 Å². The maximum absolute atomic E-state index is 14.1. The fourth-order valence-electron chi connectivity index (χ4n) is 3.18. The molecule has 2 heterocycles. The lowest BCUT2D eigenvalue weighted by Gasteiger charge is -2.09. The van der Waals surface area contributed by atoms with Crippen LogP contribution >= 0.6 is 0 Å². The van der Waals surface area contributed by atoms with Crippen molar-refractivity contribution in [2.75, 3.05) is 5.32 Å². The quantitative estimate of drug-likeness (QED) is 0.388. The minimum Gasteiger partial charge on any atom is -0.306 e. The summed E-state index contributed by atoms with van der Waals surface area (Å²) in [6.45, 7) is 3.44. The predicted octanol–water partition coefficient (Wildman–Crippen LogP) is 3.97. The Morgan fingerprint density at radius 2 is 1.81 bits per heavy atom. The zero-order chi connectivity index (χ0) is 22.1. The Balaban J connectivity index is 1.63. The Bertz CT molecular complexity index is 1290. The minimum absolute atomic E-state index is 0.0469. The molecule has 0 aliphatic rings. The van der Waals surface area contributed by atoms with E-state index in [1.807, 2.05) is 0 Å². The monoisotopic (exact) mass is 420 g/mol. The fourth-order valence-corrected chi connectivity index (χ4v) is 3.18. The molecule has 0 unspecified atom stereocenters. The molecule has 0 saturated carbocycles. The molecule has 0 atom stereocenters. The third-order valence-corrected chi connectivity index (χ3v) is 4.71. The van der Waals surface area contributed by atoms with E-state index in [4.69, 9.17) is 0 Å². The number of hydrogen-bond donors (Lipinski definition) is 1. The zero-order valence-electron chi connectivity index (χ0n) is 16.6. The molecule has 1 amide bonds. The molecule has 31 heavy (non-hydrogen) atoms. The van der Waals surface area contributed by atoms with Gasteiger partial charge in [-0.05, 0) is 38.1 Å². The van der Waals surface area contributed by atoms with Crippen LogP contribution in [0.3, 0.4) is 0 Å². The van der Waals surface area contributed by atoms with Crippen molar-refractivity contribution in [3.8, 4) is 11.4 Å². The molecular weight excluding hydrogens is 403 g/mol. The number of non-ortho nitro benzene ring substituents is 1. The molecule has 156 valence electrons. The predicted molar refractivity (Wildman–Crippen MR) is 111 cm³/mol. The molecule has 0 aliphatic heterocycles. The number of nitro benzene ring substituents is 1. The molecule has 10 heteroatoms. The van der Waals surface area contributed by atoms with Gasteiger partial charge in [-0.3, -0.25) is 14.9 Å². The highest BCUT2D eigenvalue weighted by molar-refractivity contribution is 6.04. The highest BCUT2D eigenvalue weighted by atomic mass is 19.1. The van der Waals surface area contributed by atoms with Crippen molar-refractivity contribution >= 4 is 17.4 Å². The molecule has 0 spiro atoms. The second kappa shape index (κ2) is 7.82. The number of benzene rings is 2. The molecule has 0 radical (unpaired) electrons. The zero-order valence-corrected chi connectivity index (χ0v) is 16.6. The molecule has 2 aromatic heterocycles. The van der Waals surface area contributed by atoms with Crippen molar-refractivity contribution in [3.63, 3.8) is 0 Å². The topological polar surface area (TPSA) is 108 Å². The molecule has 4 aromatic rings. The van der Waals surface area contributed by atoms with Gasteiger partial charge >= 0.3 is 0 Å². The van der Waals surface area contributed by atoms with Crippen LogP contribution in [0.4, 0.5) is 15.9 Å². The number of halogens is 1. The Morgan fingerprint density at radius 1 is 1.10 bits per heavy atom. The molecular formula is C21H17FN6O3. The molecule has 9 nitrogen and oxygen atoms in total. The average Bonchev–Trinajstić information content (AvgIpc) is 3.30. The summed E-state index contributed by atoms with van der Waals surface area (Å²) in [5, 5.41) is 22.2. The van der Waals surface area contributed by atoms with Gasteiger partial charge in [-0.2, -0.15) is 10.2 Å². The van der Waals surface area contributed by atoms with Crippen LogP contribution in [0.15, 0.2) is 60.8 Å². The molecule has 2 aromatic carbocycles. The summed E-state index contributed by atoms with van der Waals surface area (Å²) in [4.78, 5) is 23.3. The lowest BCUT2D eigenvalue weighted by atomic mass is 10.2. The summed E-state index contributed by atoms with van der Waals surface area (Å²) in [5.74, 6) is -0.509. The standard InChI is InChI=1S/C21H17FN6O3/c1-13-11-20(27(25-13)15-7-9-16(10-8-15)28(30)31)24-21(29)17-12-23-26(14(17)2)19-6-4-3-5-18(19)22/h3-12H,1-2H3,(H,24,29). The van der Waals surface area contributed by atoms with E-state index >= 15 is 0 Å². The maximum Gasteiger partial charge on any atom is 0.269 e. The largest absolute Gasteiger partial charge is 0.306 e. The first kappa shape index (κ1) is 20.0. The first-order valence-corrected chi connectivity index (χ1v) is 9.27. The normalized spacial score (nSPS) is 10.8. The van der Waals surface area contributed by atoms with Gasteiger partial charge in [0.25, 0.3) is 11.6 Å². The number of aromatic nitrogens is 4. The van der Waals surface area contributed by atoms with Gasteiger partial charge in [-0.15, -0.1) is 0 Å². The number of amides is 1. The number of nitrogens with zero attached hydrogens (tertiary/aromatic N) is 5.